The topological polar surface area (TPSA) is 92.5 Å². The second-order valence-corrected chi connectivity index (χ2v) is 7.55. The van der Waals surface area contributed by atoms with Crippen LogP contribution in [0.25, 0.3) is 0 Å². The third-order valence-electron chi connectivity index (χ3n) is 3.98. The minimum Gasteiger partial charge on any atom is -0.361 e. The van der Waals surface area contributed by atoms with Crippen molar-refractivity contribution in [1.82, 2.24) is 14.8 Å². The molecule has 1 N–H and O–H groups in total. The van der Waals surface area contributed by atoms with Crippen LogP contribution in [0.3, 0.4) is 0 Å². The monoisotopic (exact) mass is 365 g/mol. The first-order valence-corrected chi connectivity index (χ1v) is 9.55. The third-order valence-corrected chi connectivity index (χ3v) is 6.04. The quantitative estimate of drug-likeness (QED) is 0.812. The highest BCUT2D eigenvalue weighted by Gasteiger charge is 2.21. The molecule has 0 radical (unpaired) electrons. The minimum atomic E-state index is -3.47. The molecule has 0 unspecified atom stereocenters. The molecule has 136 valence electrons. The molecule has 0 aliphatic rings. The van der Waals surface area contributed by atoms with Gasteiger partial charge < -0.3 is 9.84 Å². The van der Waals surface area contributed by atoms with E-state index in [0.717, 1.165) is 5.56 Å². The van der Waals surface area contributed by atoms with E-state index >= 15 is 0 Å². The van der Waals surface area contributed by atoms with Crippen LogP contribution in [0.1, 0.15) is 41.2 Å². The first-order chi connectivity index (χ1) is 11.8. The Labute approximate surface area is 148 Å². The van der Waals surface area contributed by atoms with E-state index in [-0.39, 0.29) is 17.3 Å². The summed E-state index contributed by atoms with van der Waals surface area (Å²) in [4.78, 5) is 12.4. The molecule has 1 heterocycles. The maximum Gasteiger partial charge on any atom is 0.257 e. The molecule has 2 aromatic rings. The fourth-order valence-electron chi connectivity index (χ4n) is 2.57. The van der Waals surface area contributed by atoms with Crippen molar-refractivity contribution in [2.45, 2.75) is 39.1 Å². The number of aryl methyl sites for hydroxylation is 2. The van der Waals surface area contributed by atoms with Crippen molar-refractivity contribution in [1.29, 1.82) is 0 Å². The summed E-state index contributed by atoms with van der Waals surface area (Å²) in [5, 5.41) is 6.54. The number of amides is 1. The fourth-order valence-corrected chi connectivity index (χ4v) is 4.03. The lowest BCUT2D eigenvalue weighted by atomic mass is 10.2. The number of sulfonamides is 1. The third kappa shape index (κ3) is 4.08. The van der Waals surface area contributed by atoms with Gasteiger partial charge in [0.2, 0.25) is 10.0 Å². The molecule has 8 heteroatoms. The van der Waals surface area contributed by atoms with Gasteiger partial charge in [-0.25, -0.2) is 8.42 Å². The molecule has 0 spiro atoms. The van der Waals surface area contributed by atoms with E-state index in [1.165, 1.54) is 4.31 Å². The van der Waals surface area contributed by atoms with Crippen molar-refractivity contribution >= 4 is 15.9 Å². The predicted molar refractivity (Wildman–Crippen MR) is 93.7 cm³/mol. The molecule has 2 rings (SSSR count). The molecule has 0 saturated heterocycles. The number of nitrogens with one attached hydrogen (secondary N) is 1. The zero-order valence-corrected chi connectivity index (χ0v) is 15.7. The lowest BCUT2D eigenvalue weighted by Gasteiger charge is -2.18. The summed E-state index contributed by atoms with van der Waals surface area (Å²) < 4.78 is 31.3. The number of carbonyl (C=O) groups is 1. The highest BCUT2D eigenvalue weighted by Crippen LogP contribution is 2.17. The van der Waals surface area contributed by atoms with Crippen LogP contribution in [0, 0.1) is 13.8 Å². The fraction of sp³-hybridized carbons (Fsp3) is 0.412. The standard InChI is InChI=1S/C17H23N3O4S/c1-5-20(6-2)25(22,23)15-9-7-14(8-10-15)11-18-17(21)16-12(3)19-24-13(16)4/h7-10H,5-6,11H2,1-4H3,(H,18,21). The number of hydrogen-bond acceptors (Lipinski definition) is 5. The zero-order valence-electron chi connectivity index (χ0n) is 14.9. The number of carbonyl (C=O) groups excluding carboxylic acids is 1. The van der Waals surface area contributed by atoms with Gasteiger partial charge in [-0.15, -0.1) is 0 Å². The van der Waals surface area contributed by atoms with Crippen molar-refractivity contribution in [3.8, 4) is 0 Å². The number of benzene rings is 1. The van der Waals surface area contributed by atoms with Crippen LogP contribution < -0.4 is 5.32 Å². The summed E-state index contributed by atoms with van der Waals surface area (Å²) in [5.74, 6) is 0.201. The molecule has 1 aromatic heterocycles. The van der Waals surface area contributed by atoms with Crippen LogP contribution in [0.15, 0.2) is 33.7 Å². The van der Waals surface area contributed by atoms with Gasteiger partial charge in [0.15, 0.2) is 0 Å². The van der Waals surface area contributed by atoms with Gasteiger partial charge in [0.05, 0.1) is 10.6 Å². The van der Waals surface area contributed by atoms with E-state index in [9.17, 15) is 13.2 Å². The van der Waals surface area contributed by atoms with E-state index in [2.05, 4.69) is 10.5 Å². The maximum atomic E-state index is 12.4. The van der Waals surface area contributed by atoms with Crippen molar-refractivity contribution in [3.63, 3.8) is 0 Å². The summed E-state index contributed by atoms with van der Waals surface area (Å²) >= 11 is 0. The van der Waals surface area contributed by atoms with Gasteiger partial charge in [-0.05, 0) is 31.5 Å². The Balaban J connectivity index is 2.07. The Morgan fingerprint density at radius 1 is 1.16 bits per heavy atom. The van der Waals surface area contributed by atoms with Gasteiger partial charge in [-0.3, -0.25) is 4.79 Å². The molecule has 0 fully saturated rings. The van der Waals surface area contributed by atoms with Crippen LogP contribution in [-0.4, -0.2) is 36.9 Å². The van der Waals surface area contributed by atoms with Gasteiger partial charge in [0, 0.05) is 19.6 Å². The molecule has 7 nitrogen and oxygen atoms in total. The molecule has 0 bridgehead atoms. The summed E-state index contributed by atoms with van der Waals surface area (Å²) in [6.45, 7) is 8.13. The molecule has 0 aliphatic carbocycles. The van der Waals surface area contributed by atoms with E-state index in [0.29, 0.717) is 30.1 Å². The average Bonchev–Trinajstić information content (AvgIpc) is 2.92. The van der Waals surface area contributed by atoms with E-state index in [1.54, 1.807) is 52.0 Å². The number of hydrogen-bond donors (Lipinski definition) is 1. The van der Waals surface area contributed by atoms with E-state index in [4.69, 9.17) is 4.52 Å². The molecule has 0 aliphatic heterocycles. The molecular weight excluding hydrogens is 342 g/mol. The van der Waals surface area contributed by atoms with Crippen molar-refractivity contribution in [3.05, 3.63) is 46.8 Å². The summed E-state index contributed by atoms with van der Waals surface area (Å²) in [7, 11) is -3.47. The lowest BCUT2D eigenvalue weighted by molar-refractivity contribution is 0.0949. The lowest BCUT2D eigenvalue weighted by Crippen LogP contribution is -2.30. The molecular formula is C17H23N3O4S. The SMILES string of the molecule is CCN(CC)S(=O)(=O)c1ccc(CNC(=O)c2c(C)noc2C)cc1. The summed E-state index contributed by atoms with van der Waals surface area (Å²) in [6.07, 6.45) is 0. The second-order valence-electron chi connectivity index (χ2n) is 5.62. The van der Waals surface area contributed by atoms with Gasteiger partial charge in [-0.2, -0.15) is 4.31 Å². The number of nitrogens with zero attached hydrogens (tertiary/aromatic N) is 2. The second kappa shape index (κ2) is 7.79. The van der Waals surface area contributed by atoms with Crippen molar-refractivity contribution in [2.24, 2.45) is 0 Å². The zero-order chi connectivity index (χ0) is 18.6. The van der Waals surface area contributed by atoms with Crippen LogP contribution in [0.2, 0.25) is 0 Å². The van der Waals surface area contributed by atoms with E-state index in [1.807, 2.05) is 0 Å². The molecule has 25 heavy (non-hydrogen) atoms. The normalized spacial score (nSPS) is 11.7. The average molecular weight is 365 g/mol. The van der Waals surface area contributed by atoms with E-state index < -0.39 is 10.0 Å². The Kier molecular flexibility index (Phi) is 5.97. The van der Waals surface area contributed by atoms with Crippen LogP contribution >= 0.6 is 0 Å². The van der Waals surface area contributed by atoms with Gasteiger partial charge in [-0.1, -0.05) is 31.1 Å². The predicted octanol–water partition coefficient (Wildman–Crippen LogP) is 2.25. The van der Waals surface area contributed by atoms with Crippen molar-refractivity contribution < 1.29 is 17.7 Å². The molecule has 0 atom stereocenters. The Hall–Kier alpha value is -2.19. The van der Waals surface area contributed by atoms with Gasteiger partial charge in [0.25, 0.3) is 5.91 Å². The Morgan fingerprint density at radius 3 is 2.24 bits per heavy atom. The molecule has 1 amide bonds. The van der Waals surface area contributed by atoms with Crippen LogP contribution in [0.5, 0.6) is 0 Å². The Morgan fingerprint density at radius 2 is 1.76 bits per heavy atom. The molecule has 1 aromatic carbocycles. The van der Waals surface area contributed by atoms with Gasteiger partial charge in [0.1, 0.15) is 11.3 Å². The summed E-state index contributed by atoms with van der Waals surface area (Å²) in [6, 6.07) is 6.52. The first-order valence-electron chi connectivity index (χ1n) is 8.11. The van der Waals surface area contributed by atoms with Crippen LogP contribution in [-0.2, 0) is 16.6 Å². The Bertz CT molecular complexity index is 818. The number of rotatable bonds is 7. The number of aromatic nitrogens is 1. The maximum absolute atomic E-state index is 12.4. The highest BCUT2D eigenvalue weighted by atomic mass is 32.2. The minimum absolute atomic E-state index is 0.247. The highest BCUT2D eigenvalue weighted by molar-refractivity contribution is 7.89. The summed E-state index contributed by atoms with van der Waals surface area (Å²) in [5.41, 5.74) is 1.77. The smallest absolute Gasteiger partial charge is 0.257 e. The first kappa shape index (κ1) is 19.1. The molecule has 0 saturated carbocycles. The largest absolute Gasteiger partial charge is 0.361 e. The van der Waals surface area contributed by atoms with Gasteiger partial charge >= 0.3 is 0 Å². The van der Waals surface area contributed by atoms with Crippen molar-refractivity contribution in [2.75, 3.05) is 13.1 Å². The van der Waals surface area contributed by atoms with Crippen LogP contribution in [0.4, 0.5) is 0 Å².